The number of nitrogens with zero attached hydrogens (tertiary/aromatic N) is 1. The van der Waals surface area contributed by atoms with Gasteiger partial charge in [0.15, 0.2) is 11.5 Å². The predicted molar refractivity (Wildman–Crippen MR) is 105 cm³/mol. The Labute approximate surface area is 166 Å². The highest BCUT2D eigenvalue weighted by Crippen LogP contribution is 2.55. The fourth-order valence-corrected chi connectivity index (χ4v) is 4.54. The molecule has 1 N–H and O–H groups in total. The molecule has 0 aliphatic carbocycles. The average molecular weight is 433 g/mol. The van der Waals surface area contributed by atoms with Gasteiger partial charge in [-0.25, -0.2) is 4.79 Å². The second-order valence-corrected chi connectivity index (χ2v) is 7.19. The molecule has 2 aliphatic heterocycles. The molecule has 7 heteroatoms. The van der Waals surface area contributed by atoms with Gasteiger partial charge in [-0.1, -0.05) is 30.3 Å². The third-order valence-corrected chi connectivity index (χ3v) is 5.79. The van der Waals surface area contributed by atoms with Crippen molar-refractivity contribution < 1.29 is 19.0 Å². The maximum atomic E-state index is 12.8. The molecule has 2 aliphatic rings. The number of halogens is 1. The van der Waals surface area contributed by atoms with E-state index in [1.165, 1.54) is 0 Å². The van der Waals surface area contributed by atoms with Crippen LogP contribution in [0.3, 0.4) is 0 Å². The molecule has 6 nitrogen and oxygen atoms in total. The molecule has 0 fully saturated rings. The van der Waals surface area contributed by atoms with Crippen molar-refractivity contribution in [2.75, 3.05) is 27.0 Å². The van der Waals surface area contributed by atoms with Gasteiger partial charge < -0.3 is 24.4 Å². The number of methoxy groups -OCH3 is 1. The smallest absolute Gasteiger partial charge is 0.318 e. The van der Waals surface area contributed by atoms with Gasteiger partial charge in [0, 0.05) is 18.7 Å². The van der Waals surface area contributed by atoms with E-state index in [1.54, 1.807) is 7.11 Å². The van der Waals surface area contributed by atoms with Gasteiger partial charge >= 0.3 is 6.03 Å². The van der Waals surface area contributed by atoms with Crippen molar-refractivity contribution in [2.45, 2.75) is 19.4 Å². The molecular weight excluding hydrogens is 412 g/mol. The van der Waals surface area contributed by atoms with Crippen LogP contribution in [-0.4, -0.2) is 37.9 Å². The lowest BCUT2D eigenvalue weighted by molar-refractivity contribution is 0.169. The molecule has 2 amide bonds. The molecule has 0 aromatic heterocycles. The highest BCUT2D eigenvalue weighted by Gasteiger charge is 2.40. The summed E-state index contributed by atoms with van der Waals surface area (Å²) < 4.78 is 18.0. The molecular formula is C20H21BrN2O4. The quantitative estimate of drug-likeness (QED) is 0.799. The van der Waals surface area contributed by atoms with Crippen molar-refractivity contribution >= 4 is 22.0 Å². The standard InChI is InChI=1S/C20H21BrN2O4/c1-3-22-20(24)23-10-9-13-14(16(23)12-7-5-4-6-8-12)17(25-2)19-18(15(13)21)26-11-27-19/h4-8,16H,3,9-11H2,1-2H3,(H,22,24). The third kappa shape index (κ3) is 2.90. The summed E-state index contributed by atoms with van der Waals surface area (Å²) in [6, 6.07) is 9.63. The Morgan fingerprint density at radius 3 is 2.74 bits per heavy atom. The Hall–Kier alpha value is -2.41. The van der Waals surface area contributed by atoms with Gasteiger partial charge in [-0.05, 0) is 40.4 Å². The Kier molecular flexibility index (Phi) is 4.86. The van der Waals surface area contributed by atoms with Crippen molar-refractivity contribution in [1.29, 1.82) is 0 Å². The minimum atomic E-state index is -0.276. The molecule has 2 aromatic carbocycles. The van der Waals surface area contributed by atoms with Gasteiger partial charge in [-0.3, -0.25) is 0 Å². The second-order valence-electron chi connectivity index (χ2n) is 6.40. The van der Waals surface area contributed by atoms with Crippen molar-refractivity contribution in [1.82, 2.24) is 10.2 Å². The van der Waals surface area contributed by atoms with Gasteiger partial charge in [0.05, 0.1) is 17.6 Å². The Balaban J connectivity index is 1.95. The monoisotopic (exact) mass is 432 g/mol. The Morgan fingerprint density at radius 2 is 2.04 bits per heavy atom. The van der Waals surface area contributed by atoms with Gasteiger partial charge in [0.25, 0.3) is 0 Å². The number of fused-ring (bicyclic) bond motifs is 2. The lowest BCUT2D eigenvalue weighted by Crippen LogP contribution is -2.46. The molecule has 0 saturated carbocycles. The van der Waals surface area contributed by atoms with E-state index in [0.29, 0.717) is 36.8 Å². The number of carbonyl (C=O) groups excluding carboxylic acids is 1. The van der Waals surface area contributed by atoms with Gasteiger partial charge in [-0.15, -0.1) is 0 Å². The highest BCUT2D eigenvalue weighted by molar-refractivity contribution is 9.10. The molecule has 4 rings (SSSR count). The van der Waals surface area contributed by atoms with Crippen LogP contribution in [0.1, 0.15) is 29.7 Å². The molecule has 1 unspecified atom stereocenters. The number of amides is 2. The molecule has 142 valence electrons. The van der Waals surface area contributed by atoms with Crippen LogP contribution in [-0.2, 0) is 6.42 Å². The summed E-state index contributed by atoms with van der Waals surface area (Å²) >= 11 is 3.69. The van der Waals surface area contributed by atoms with Crippen LogP contribution in [0.25, 0.3) is 0 Å². The van der Waals surface area contributed by atoms with Crippen LogP contribution in [0.4, 0.5) is 4.79 Å². The van der Waals surface area contributed by atoms with Crippen molar-refractivity contribution in [2.24, 2.45) is 0 Å². The summed E-state index contributed by atoms with van der Waals surface area (Å²) in [5, 5.41) is 2.93. The first-order chi connectivity index (χ1) is 13.2. The first-order valence-electron chi connectivity index (χ1n) is 8.94. The van der Waals surface area contributed by atoms with E-state index >= 15 is 0 Å². The SMILES string of the molecule is CCNC(=O)N1CCc2c(Br)c3c(c(OC)c2C1c1ccccc1)OCO3. The maximum Gasteiger partial charge on any atom is 0.318 e. The number of carbonyl (C=O) groups is 1. The zero-order chi connectivity index (χ0) is 19.0. The summed E-state index contributed by atoms with van der Waals surface area (Å²) in [4.78, 5) is 14.7. The zero-order valence-corrected chi connectivity index (χ0v) is 16.8. The van der Waals surface area contributed by atoms with Crippen LogP contribution in [0, 0.1) is 0 Å². The van der Waals surface area contributed by atoms with Crippen LogP contribution in [0.5, 0.6) is 17.2 Å². The van der Waals surface area contributed by atoms with E-state index in [-0.39, 0.29) is 18.9 Å². The normalized spacial score (nSPS) is 17.4. The first-order valence-corrected chi connectivity index (χ1v) is 9.73. The second kappa shape index (κ2) is 7.31. The fourth-order valence-electron chi connectivity index (χ4n) is 3.83. The molecule has 0 bridgehead atoms. The van der Waals surface area contributed by atoms with Gasteiger partial charge in [-0.2, -0.15) is 0 Å². The first kappa shape index (κ1) is 18.0. The van der Waals surface area contributed by atoms with Gasteiger partial charge in [0.2, 0.25) is 12.5 Å². The summed E-state index contributed by atoms with van der Waals surface area (Å²) in [7, 11) is 1.62. The summed E-state index contributed by atoms with van der Waals surface area (Å²) in [5.74, 6) is 1.88. The Morgan fingerprint density at radius 1 is 1.30 bits per heavy atom. The van der Waals surface area contributed by atoms with Crippen LogP contribution in [0.2, 0.25) is 0 Å². The molecule has 0 radical (unpaired) electrons. The van der Waals surface area contributed by atoms with Crippen molar-refractivity contribution in [3.8, 4) is 17.2 Å². The van der Waals surface area contributed by atoms with Crippen LogP contribution in [0.15, 0.2) is 34.8 Å². The number of hydrogen-bond acceptors (Lipinski definition) is 4. The van der Waals surface area contributed by atoms with Crippen molar-refractivity contribution in [3.05, 3.63) is 51.5 Å². The van der Waals surface area contributed by atoms with E-state index in [0.717, 1.165) is 21.2 Å². The maximum absolute atomic E-state index is 12.8. The van der Waals surface area contributed by atoms with Crippen molar-refractivity contribution in [3.63, 3.8) is 0 Å². The summed E-state index contributed by atoms with van der Waals surface area (Å²) in [6.45, 7) is 3.25. The number of benzene rings is 2. The number of hydrogen-bond donors (Lipinski definition) is 1. The molecule has 2 aromatic rings. The Bertz CT molecular complexity index is 872. The van der Waals surface area contributed by atoms with Crippen LogP contribution >= 0.6 is 15.9 Å². The summed E-state index contributed by atoms with van der Waals surface area (Å²) in [5.41, 5.74) is 3.05. The number of rotatable bonds is 3. The highest BCUT2D eigenvalue weighted by atomic mass is 79.9. The third-order valence-electron chi connectivity index (χ3n) is 4.95. The number of nitrogens with one attached hydrogen (secondary N) is 1. The average Bonchev–Trinajstić information content (AvgIpc) is 3.18. The lowest BCUT2D eigenvalue weighted by Gasteiger charge is -2.39. The largest absolute Gasteiger partial charge is 0.492 e. The van der Waals surface area contributed by atoms with Crippen LogP contribution < -0.4 is 19.5 Å². The predicted octanol–water partition coefficient (Wildman–Crippen LogP) is 3.86. The van der Waals surface area contributed by atoms with E-state index in [4.69, 9.17) is 14.2 Å². The van der Waals surface area contributed by atoms with E-state index in [1.807, 2.05) is 42.2 Å². The molecule has 0 spiro atoms. The fraction of sp³-hybridized carbons (Fsp3) is 0.350. The topological polar surface area (TPSA) is 60.0 Å². The molecule has 0 saturated heterocycles. The van der Waals surface area contributed by atoms with E-state index in [2.05, 4.69) is 21.2 Å². The summed E-state index contributed by atoms with van der Waals surface area (Å²) in [6.07, 6.45) is 0.698. The van der Waals surface area contributed by atoms with E-state index < -0.39 is 0 Å². The number of urea groups is 1. The van der Waals surface area contributed by atoms with E-state index in [9.17, 15) is 4.79 Å². The minimum absolute atomic E-state index is 0.0900. The molecule has 1 atom stereocenters. The molecule has 27 heavy (non-hydrogen) atoms. The molecule has 2 heterocycles. The zero-order valence-electron chi connectivity index (χ0n) is 15.3. The number of ether oxygens (including phenoxy) is 3. The van der Waals surface area contributed by atoms with Gasteiger partial charge in [0.1, 0.15) is 0 Å². The minimum Gasteiger partial charge on any atom is -0.492 e. The lowest BCUT2D eigenvalue weighted by atomic mass is 9.87.